The molecule has 2 heterocycles. The first-order chi connectivity index (χ1) is 11.4. The number of nitrogens with one attached hydrogen (secondary N) is 1. The molecule has 0 radical (unpaired) electrons. The smallest absolute Gasteiger partial charge is 0.290 e. The molecular weight excluding hydrogens is 336 g/mol. The fraction of sp³-hybridized carbons (Fsp3) is 0.857. The minimum absolute atomic E-state index is 0.0996. The Hall–Kier alpha value is -1.23. The highest BCUT2D eigenvalue weighted by Crippen LogP contribution is 2.15. The summed E-state index contributed by atoms with van der Waals surface area (Å²) in [5, 5.41) is 6.89. The van der Waals surface area contributed by atoms with E-state index in [1.54, 1.807) is 0 Å². The number of rotatable bonds is 6. The predicted molar refractivity (Wildman–Crippen MR) is 89.4 cm³/mol. The van der Waals surface area contributed by atoms with Crippen LogP contribution in [0, 0.1) is 5.92 Å². The quantitative estimate of drug-likeness (QED) is 0.529. The molecule has 2 aliphatic heterocycles. The summed E-state index contributed by atoms with van der Waals surface area (Å²) in [7, 11) is -3.35. The Morgan fingerprint density at radius 1 is 1.21 bits per heavy atom. The van der Waals surface area contributed by atoms with Gasteiger partial charge in [0.25, 0.3) is 16.7 Å². The number of nitrogens with two attached hydrogens (primary N) is 1. The van der Waals surface area contributed by atoms with Gasteiger partial charge < -0.3 is 15.7 Å². The van der Waals surface area contributed by atoms with Gasteiger partial charge in [-0.3, -0.25) is 9.59 Å². The molecule has 9 nitrogen and oxygen atoms in total. The van der Waals surface area contributed by atoms with Crippen LogP contribution in [0.3, 0.4) is 0 Å². The second-order valence-corrected chi connectivity index (χ2v) is 7.76. The second kappa shape index (κ2) is 10.6. The summed E-state index contributed by atoms with van der Waals surface area (Å²) in [6.45, 7) is 3.52. The van der Waals surface area contributed by atoms with Crippen molar-refractivity contribution in [2.24, 2.45) is 11.7 Å². The highest BCUT2D eigenvalue weighted by molar-refractivity contribution is 7.87. The number of carbonyl (C=O) groups excluding carboxylic acids is 1. The third-order valence-electron chi connectivity index (χ3n) is 4.28. The van der Waals surface area contributed by atoms with Gasteiger partial charge in [-0.25, -0.2) is 4.72 Å². The van der Waals surface area contributed by atoms with Crippen LogP contribution in [-0.2, 0) is 19.8 Å². The molecule has 0 aromatic heterocycles. The van der Waals surface area contributed by atoms with Gasteiger partial charge in [0.2, 0.25) is 5.91 Å². The van der Waals surface area contributed by atoms with Gasteiger partial charge in [-0.15, -0.1) is 0 Å². The van der Waals surface area contributed by atoms with E-state index in [-0.39, 0.29) is 18.3 Å². The number of piperidine rings is 2. The summed E-state index contributed by atoms with van der Waals surface area (Å²) in [6.07, 6.45) is 4.76. The first-order valence-electron chi connectivity index (χ1n) is 8.25. The van der Waals surface area contributed by atoms with Gasteiger partial charge in [0.05, 0.1) is 5.92 Å². The lowest BCUT2D eigenvalue weighted by atomic mass is 9.98. The van der Waals surface area contributed by atoms with E-state index in [0.29, 0.717) is 32.7 Å². The number of amides is 1. The maximum atomic E-state index is 12.1. The molecule has 24 heavy (non-hydrogen) atoms. The van der Waals surface area contributed by atoms with Crippen molar-refractivity contribution in [2.45, 2.75) is 32.1 Å². The van der Waals surface area contributed by atoms with Gasteiger partial charge in [-0.1, -0.05) is 6.42 Å². The van der Waals surface area contributed by atoms with E-state index in [2.05, 4.69) is 9.62 Å². The lowest BCUT2D eigenvalue weighted by Gasteiger charge is -2.31. The van der Waals surface area contributed by atoms with Crippen LogP contribution in [0.1, 0.15) is 32.1 Å². The Labute approximate surface area is 143 Å². The largest absolute Gasteiger partial charge is 0.483 e. The molecule has 1 atom stereocenters. The standard InChI is InChI=1S/C13H26N4O3S.CH2O2/c14-13(18)12-5-4-7-16(11-12)10-6-15-21(19,20)17-8-2-1-3-9-17;2-1-3/h12,15H,1-11H2,(H2,14,18);1H,(H,2,3). The Kier molecular flexibility index (Phi) is 9.19. The van der Waals surface area contributed by atoms with Gasteiger partial charge in [0.1, 0.15) is 0 Å². The molecule has 140 valence electrons. The van der Waals surface area contributed by atoms with Crippen molar-refractivity contribution in [3.05, 3.63) is 0 Å². The molecule has 0 aliphatic carbocycles. The number of carbonyl (C=O) groups is 2. The van der Waals surface area contributed by atoms with E-state index >= 15 is 0 Å². The number of hydrogen-bond acceptors (Lipinski definition) is 5. The van der Waals surface area contributed by atoms with Crippen molar-refractivity contribution >= 4 is 22.6 Å². The Balaban J connectivity index is 0.000000891. The summed E-state index contributed by atoms with van der Waals surface area (Å²) in [6, 6.07) is 0. The molecule has 4 N–H and O–H groups in total. The molecule has 0 aromatic rings. The molecule has 1 unspecified atom stereocenters. The van der Waals surface area contributed by atoms with Crippen LogP contribution >= 0.6 is 0 Å². The summed E-state index contributed by atoms with van der Waals surface area (Å²) >= 11 is 0. The predicted octanol–water partition coefficient (Wildman–Crippen LogP) is -0.795. The van der Waals surface area contributed by atoms with E-state index < -0.39 is 10.2 Å². The minimum Gasteiger partial charge on any atom is -0.483 e. The average Bonchev–Trinajstić information content (AvgIpc) is 2.56. The molecule has 2 rings (SSSR count). The Bertz CT molecular complexity index is 493. The molecular formula is C14H28N4O5S. The van der Waals surface area contributed by atoms with Gasteiger partial charge >= 0.3 is 0 Å². The lowest BCUT2D eigenvalue weighted by Crippen LogP contribution is -2.47. The van der Waals surface area contributed by atoms with Crippen LogP contribution in [0.25, 0.3) is 0 Å². The minimum atomic E-state index is -3.35. The summed E-state index contributed by atoms with van der Waals surface area (Å²) < 4.78 is 28.4. The SMILES string of the molecule is NC(=O)C1CCCN(CCNS(=O)(=O)N2CCCCC2)C1.O=CO. The molecule has 0 aromatic carbocycles. The maximum absolute atomic E-state index is 12.1. The Morgan fingerprint density at radius 3 is 2.42 bits per heavy atom. The zero-order valence-electron chi connectivity index (χ0n) is 13.9. The van der Waals surface area contributed by atoms with Crippen molar-refractivity contribution in [3.63, 3.8) is 0 Å². The van der Waals surface area contributed by atoms with E-state index in [1.807, 2.05) is 0 Å². The van der Waals surface area contributed by atoms with Crippen LogP contribution in [0.4, 0.5) is 0 Å². The van der Waals surface area contributed by atoms with E-state index in [0.717, 1.165) is 38.6 Å². The highest BCUT2D eigenvalue weighted by Gasteiger charge is 2.25. The first kappa shape index (κ1) is 20.8. The number of hydrogen-bond donors (Lipinski definition) is 3. The molecule has 10 heteroatoms. The van der Waals surface area contributed by atoms with Gasteiger partial charge in [-0.2, -0.15) is 12.7 Å². The molecule has 1 amide bonds. The van der Waals surface area contributed by atoms with Crippen LogP contribution in [0.15, 0.2) is 0 Å². The van der Waals surface area contributed by atoms with Crippen LogP contribution < -0.4 is 10.5 Å². The number of nitrogens with zero attached hydrogens (tertiary/aromatic N) is 2. The summed E-state index contributed by atoms with van der Waals surface area (Å²) in [4.78, 5) is 21.7. The molecule has 0 saturated carbocycles. The molecule has 0 bridgehead atoms. The van der Waals surface area contributed by atoms with Gasteiger partial charge in [-0.05, 0) is 32.2 Å². The van der Waals surface area contributed by atoms with Crippen molar-refractivity contribution in [1.82, 2.24) is 13.9 Å². The van der Waals surface area contributed by atoms with Crippen molar-refractivity contribution in [1.29, 1.82) is 0 Å². The molecule has 0 spiro atoms. The molecule has 2 fully saturated rings. The first-order valence-corrected chi connectivity index (χ1v) is 9.69. The summed E-state index contributed by atoms with van der Waals surface area (Å²) in [5.41, 5.74) is 5.34. The van der Waals surface area contributed by atoms with E-state index in [9.17, 15) is 13.2 Å². The Morgan fingerprint density at radius 2 is 1.83 bits per heavy atom. The van der Waals surface area contributed by atoms with Crippen molar-refractivity contribution in [3.8, 4) is 0 Å². The monoisotopic (exact) mass is 364 g/mol. The second-order valence-electron chi connectivity index (χ2n) is 6.01. The maximum Gasteiger partial charge on any atom is 0.290 e. The van der Waals surface area contributed by atoms with Crippen LogP contribution in [0.5, 0.6) is 0 Å². The third kappa shape index (κ3) is 7.12. The topological polar surface area (TPSA) is 133 Å². The zero-order valence-corrected chi connectivity index (χ0v) is 14.7. The molecule has 2 aliphatic rings. The van der Waals surface area contributed by atoms with Gasteiger partial charge in [0.15, 0.2) is 0 Å². The number of carboxylic acid groups (broad SMARTS) is 1. The number of likely N-dealkylation sites (tertiary alicyclic amines) is 1. The fourth-order valence-electron chi connectivity index (χ4n) is 3.02. The number of primary amides is 1. The fourth-order valence-corrected chi connectivity index (χ4v) is 4.29. The normalized spacial score (nSPS) is 23.1. The van der Waals surface area contributed by atoms with E-state index in [4.69, 9.17) is 15.6 Å². The zero-order chi connectivity index (χ0) is 18.0. The third-order valence-corrected chi connectivity index (χ3v) is 5.89. The van der Waals surface area contributed by atoms with Gasteiger partial charge in [0, 0.05) is 32.7 Å². The van der Waals surface area contributed by atoms with E-state index in [1.165, 1.54) is 4.31 Å². The highest BCUT2D eigenvalue weighted by atomic mass is 32.2. The summed E-state index contributed by atoms with van der Waals surface area (Å²) in [5.74, 6) is -0.356. The average molecular weight is 364 g/mol. The van der Waals surface area contributed by atoms with Crippen LogP contribution in [0.2, 0.25) is 0 Å². The van der Waals surface area contributed by atoms with Crippen molar-refractivity contribution in [2.75, 3.05) is 39.3 Å². The van der Waals surface area contributed by atoms with Crippen molar-refractivity contribution < 1.29 is 23.1 Å². The lowest BCUT2D eigenvalue weighted by molar-refractivity contribution is -0.124. The van der Waals surface area contributed by atoms with Crippen LogP contribution in [-0.4, -0.2) is 74.4 Å². The molecule has 2 saturated heterocycles.